The van der Waals surface area contributed by atoms with Gasteiger partial charge in [0.2, 0.25) is 17.7 Å². The van der Waals surface area contributed by atoms with Crippen molar-refractivity contribution >= 4 is 35.4 Å². The molecule has 3 heterocycles. The Morgan fingerprint density at radius 1 is 1.12 bits per heavy atom. The van der Waals surface area contributed by atoms with E-state index in [9.17, 15) is 19.2 Å². The maximum atomic E-state index is 13.5. The number of nitrogens with one attached hydrogen (secondary N) is 1. The molecule has 3 unspecified atom stereocenters. The minimum Gasteiger partial charge on any atom is -0.349 e. The van der Waals surface area contributed by atoms with Crippen molar-refractivity contribution in [3.8, 4) is 0 Å². The van der Waals surface area contributed by atoms with E-state index in [4.69, 9.17) is 0 Å². The summed E-state index contributed by atoms with van der Waals surface area (Å²) in [4.78, 5) is 55.3. The van der Waals surface area contributed by atoms with Gasteiger partial charge < -0.3 is 10.2 Å². The van der Waals surface area contributed by atoms with Crippen LogP contribution < -0.4 is 5.32 Å². The van der Waals surface area contributed by atoms with E-state index < -0.39 is 6.04 Å². The Morgan fingerprint density at radius 2 is 1.76 bits per heavy atom. The molecule has 3 fully saturated rings. The molecule has 3 atom stereocenters. The number of aryl methyl sites for hydroxylation is 1. The second-order valence-corrected chi connectivity index (χ2v) is 10.3. The van der Waals surface area contributed by atoms with E-state index in [1.54, 1.807) is 34.6 Å². The molecule has 180 valence electrons. The highest BCUT2D eigenvalue weighted by molar-refractivity contribution is 7.98. The number of amides is 4. The predicted octanol–water partition coefficient (Wildman–Crippen LogP) is 1.44. The molecule has 1 aliphatic carbocycles. The lowest BCUT2D eigenvalue weighted by molar-refractivity contribution is -0.152. The maximum Gasteiger partial charge on any atom is 0.254 e. The predicted molar refractivity (Wildman–Crippen MR) is 124 cm³/mol. The molecule has 1 aromatic rings. The van der Waals surface area contributed by atoms with Crippen LogP contribution in [0.15, 0.2) is 12.4 Å². The summed E-state index contributed by atoms with van der Waals surface area (Å²) in [6, 6.07) is -0.742. The van der Waals surface area contributed by atoms with Gasteiger partial charge in [0.1, 0.15) is 6.04 Å². The fraction of sp³-hybridized carbons (Fsp3) is 0.696. The number of nitrogens with zero attached hydrogens (tertiary/aromatic N) is 4. The molecule has 4 rings (SSSR count). The van der Waals surface area contributed by atoms with Crippen molar-refractivity contribution in [3.63, 3.8) is 0 Å². The van der Waals surface area contributed by atoms with Crippen LogP contribution in [0.4, 0.5) is 0 Å². The van der Waals surface area contributed by atoms with Gasteiger partial charge in [-0.3, -0.25) is 28.8 Å². The number of aromatic nitrogens is 2. The lowest BCUT2D eigenvalue weighted by atomic mass is 9.81. The highest BCUT2D eigenvalue weighted by Crippen LogP contribution is 2.39. The van der Waals surface area contributed by atoms with Crippen LogP contribution in [0.1, 0.15) is 55.3 Å². The number of hydrogen-bond acceptors (Lipinski definition) is 6. The van der Waals surface area contributed by atoms with E-state index in [2.05, 4.69) is 10.4 Å². The number of imide groups is 1. The lowest BCUT2D eigenvalue weighted by Crippen LogP contribution is -2.54. The Labute approximate surface area is 198 Å². The number of fused-ring (bicyclic) bond motifs is 1. The van der Waals surface area contributed by atoms with Crippen molar-refractivity contribution < 1.29 is 19.2 Å². The normalized spacial score (nSPS) is 24.7. The second kappa shape index (κ2) is 10.3. The molecule has 1 saturated carbocycles. The Kier molecular flexibility index (Phi) is 7.41. The first-order valence-corrected chi connectivity index (χ1v) is 13.2. The third-order valence-electron chi connectivity index (χ3n) is 7.18. The second-order valence-electron chi connectivity index (χ2n) is 9.32. The minimum atomic E-state index is -0.718. The molecule has 3 aliphatic rings. The number of piperidine rings is 1. The summed E-state index contributed by atoms with van der Waals surface area (Å²) < 4.78 is 1.59. The zero-order valence-electron chi connectivity index (χ0n) is 19.4. The summed E-state index contributed by atoms with van der Waals surface area (Å²) in [5, 5.41) is 7.05. The first-order chi connectivity index (χ1) is 15.9. The number of likely N-dealkylation sites (tertiary alicyclic amines) is 2. The van der Waals surface area contributed by atoms with Crippen molar-refractivity contribution in [1.29, 1.82) is 0 Å². The first kappa shape index (κ1) is 23.8. The van der Waals surface area contributed by atoms with Gasteiger partial charge in [0.25, 0.3) is 5.91 Å². The summed E-state index contributed by atoms with van der Waals surface area (Å²) in [6.45, 7) is 0.991. The Morgan fingerprint density at radius 3 is 2.30 bits per heavy atom. The van der Waals surface area contributed by atoms with Gasteiger partial charge in [0, 0.05) is 32.4 Å². The summed E-state index contributed by atoms with van der Waals surface area (Å²) in [7, 11) is 1.76. The summed E-state index contributed by atoms with van der Waals surface area (Å²) >= 11 is 1.61. The molecule has 0 spiro atoms. The number of carbonyl (C=O) groups is 4. The maximum absolute atomic E-state index is 13.5. The highest BCUT2D eigenvalue weighted by atomic mass is 32.2. The number of thioether (sulfide) groups is 1. The van der Waals surface area contributed by atoms with Crippen molar-refractivity contribution in [1.82, 2.24) is 24.9 Å². The molecule has 0 aromatic carbocycles. The van der Waals surface area contributed by atoms with E-state index in [0.29, 0.717) is 43.7 Å². The molecule has 33 heavy (non-hydrogen) atoms. The van der Waals surface area contributed by atoms with Gasteiger partial charge in [0.05, 0.1) is 23.6 Å². The lowest BCUT2D eigenvalue weighted by Gasteiger charge is -2.36. The van der Waals surface area contributed by atoms with Gasteiger partial charge in [0.15, 0.2) is 0 Å². The Balaban J connectivity index is 1.39. The molecule has 2 saturated heterocycles. The van der Waals surface area contributed by atoms with Crippen LogP contribution in [0, 0.1) is 11.8 Å². The molecule has 9 nitrogen and oxygen atoms in total. The molecular formula is C23H33N5O4S. The smallest absolute Gasteiger partial charge is 0.254 e. The zero-order chi connectivity index (χ0) is 23.5. The molecule has 1 N–H and O–H groups in total. The van der Waals surface area contributed by atoms with E-state index in [-0.39, 0.29) is 41.5 Å². The van der Waals surface area contributed by atoms with Gasteiger partial charge >= 0.3 is 0 Å². The van der Waals surface area contributed by atoms with E-state index in [1.807, 2.05) is 6.26 Å². The van der Waals surface area contributed by atoms with E-state index in [0.717, 1.165) is 25.7 Å². The summed E-state index contributed by atoms with van der Waals surface area (Å²) in [5.41, 5.74) is 0.515. The van der Waals surface area contributed by atoms with Crippen molar-refractivity contribution in [2.45, 2.75) is 57.0 Å². The van der Waals surface area contributed by atoms with Crippen LogP contribution in [-0.2, 0) is 21.4 Å². The van der Waals surface area contributed by atoms with Gasteiger partial charge in [-0.05, 0) is 44.1 Å². The van der Waals surface area contributed by atoms with Gasteiger partial charge in [-0.25, -0.2) is 0 Å². The van der Waals surface area contributed by atoms with Gasteiger partial charge in [-0.15, -0.1) is 0 Å². The van der Waals surface area contributed by atoms with Crippen LogP contribution in [0.3, 0.4) is 0 Å². The third kappa shape index (κ3) is 4.95. The Bertz CT molecular complexity index is 886. The van der Waals surface area contributed by atoms with Crippen LogP contribution in [0.5, 0.6) is 0 Å². The standard InChI is InChI=1S/C23H33N5O4S/c1-26-14-15(13-24-26)20(29)25-16-7-10-27(11-8-16)23(32)19(9-12-33-2)28-21(30)17-5-3-4-6-18(17)22(28)31/h13-14,16-19H,3-12H2,1-2H3,(H,25,29). The summed E-state index contributed by atoms with van der Waals surface area (Å²) in [5.74, 6) is -0.387. The largest absolute Gasteiger partial charge is 0.349 e. The van der Waals surface area contributed by atoms with Crippen LogP contribution >= 0.6 is 11.8 Å². The van der Waals surface area contributed by atoms with Crippen molar-refractivity contribution in [3.05, 3.63) is 18.0 Å². The molecular weight excluding hydrogens is 442 g/mol. The van der Waals surface area contributed by atoms with Gasteiger partial charge in [-0.2, -0.15) is 16.9 Å². The SMILES string of the molecule is CSCCC(C(=O)N1CCC(NC(=O)c2cnn(C)c2)CC1)N1C(=O)C2CCCCC2C1=O. The number of hydrogen-bond donors (Lipinski definition) is 1. The van der Waals surface area contributed by atoms with E-state index >= 15 is 0 Å². The summed E-state index contributed by atoms with van der Waals surface area (Å²) in [6.07, 6.45) is 10.4. The van der Waals surface area contributed by atoms with E-state index in [1.165, 1.54) is 11.1 Å². The molecule has 4 amide bonds. The number of carbonyl (C=O) groups excluding carboxylic acids is 4. The monoisotopic (exact) mass is 475 g/mol. The fourth-order valence-electron chi connectivity index (χ4n) is 5.35. The quantitative estimate of drug-likeness (QED) is 0.599. The molecule has 10 heteroatoms. The average molecular weight is 476 g/mol. The van der Waals surface area contributed by atoms with Crippen molar-refractivity contribution in [2.75, 3.05) is 25.1 Å². The number of rotatable bonds is 7. The van der Waals surface area contributed by atoms with Crippen LogP contribution in [0.25, 0.3) is 0 Å². The molecule has 0 bridgehead atoms. The molecule has 0 radical (unpaired) electrons. The van der Waals surface area contributed by atoms with Gasteiger partial charge in [-0.1, -0.05) is 12.8 Å². The first-order valence-electron chi connectivity index (χ1n) is 11.8. The van der Waals surface area contributed by atoms with Crippen LogP contribution in [0.2, 0.25) is 0 Å². The average Bonchev–Trinajstić information content (AvgIpc) is 3.37. The van der Waals surface area contributed by atoms with Crippen molar-refractivity contribution in [2.24, 2.45) is 18.9 Å². The zero-order valence-corrected chi connectivity index (χ0v) is 20.2. The Hall–Kier alpha value is -2.36. The molecule has 2 aliphatic heterocycles. The highest BCUT2D eigenvalue weighted by Gasteiger charge is 2.52. The topological polar surface area (TPSA) is 105 Å². The molecule has 1 aromatic heterocycles. The third-order valence-corrected chi connectivity index (χ3v) is 7.82. The van der Waals surface area contributed by atoms with Crippen LogP contribution in [-0.4, -0.2) is 80.4 Å². The minimum absolute atomic E-state index is 0.0238. The fourth-order valence-corrected chi connectivity index (χ4v) is 5.81.